The molecule has 0 aliphatic carbocycles. The van der Waals surface area contributed by atoms with Gasteiger partial charge in [-0.25, -0.2) is 17.6 Å². The summed E-state index contributed by atoms with van der Waals surface area (Å²) in [5.74, 6) is -4.14. The number of amides is 1. The molecule has 1 rings (SSSR count). The van der Waals surface area contributed by atoms with E-state index in [0.717, 1.165) is 12.1 Å². The molecule has 1 aromatic carbocycles. The van der Waals surface area contributed by atoms with E-state index in [1.54, 1.807) is 6.92 Å². The monoisotopic (exact) mass is 303 g/mol. The van der Waals surface area contributed by atoms with Crippen LogP contribution in [-0.2, 0) is 14.6 Å². The maximum atomic E-state index is 13.5. The van der Waals surface area contributed by atoms with Crippen LogP contribution in [0.4, 0.5) is 4.39 Å². The van der Waals surface area contributed by atoms with Gasteiger partial charge in [-0.3, -0.25) is 4.79 Å². The molecule has 0 bridgehead atoms. The summed E-state index contributed by atoms with van der Waals surface area (Å²) in [6.07, 6.45) is 0.634. The van der Waals surface area contributed by atoms with Crippen LogP contribution in [-0.4, -0.2) is 37.7 Å². The highest BCUT2D eigenvalue weighted by Crippen LogP contribution is 2.18. The fraction of sp³-hybridized carbons (Fsp3) is 0.333. The van der Waals surface area contributed by atoms with Crippen LogP contribution in [0.25, 0.3) is 0 Å². The number of sulfone groups is 1. The molecule has 8 heteroatoms. The summed E-state index contributed by atoms with van der Waals surface area (Å²) in [4.78, 5) is 21.4. The summed E-state index contributed by atoms with van der Waals surface area (Å²) < 4.78 is 37.3. The zero-order chi connectivity index (χ0) is 15.3. The molecule has 1 amide bonds. The van der Waals surface area contributed by atoms with E-state index in [9.17, 15) is 22.4 Å². The number of rotatable bonds is 6. The summed E-state index contributed by atoms with van der Waals surface area (Å²) in [7, 11) is -4.23. The maximum Gasteiger partial charge on any atom is 0.335 e. The Morgan fingerprint density at radius 2 is 2.00 bits per heavy atom. The fourth-order valence-electron chi connectivity index (χ4n) is 1.44. The van der Waals surface area contributed by atoms with E-state index >= 15 is 0 Å². The second-order valence-corrected chi connectivity index (χ2v) is 6.02. The summed E-state index contributed by atoms with van der Waals surface area (Å²) in [6.45, 7) is 2.11. The number of carbonyl (C=O) groups is 2. The van der Waals surface area contributed by atoms with Crippen LogP contribution in [0.15, 0.2) is 23.1 Å². The largest absolute Gasteiger partial charge is 0.478 e. The lowest BCUT2D eigenvalue weighted by atomic mass is 10.2. The lowest BCUT2D eigenvalue weighted by molar-refractivity contribution is -0.118. The Morgan fingerprint density at radius 3 is 2.55 bits per heavy atom. The Balaban J connectivity index is 3.06. The summed E-state index contributed by atoms with van der Waals surface area (Å²) in [6, 6.07) is 2.41. The molecule has 0 saturated heterocycles. The molecule has 110 valence electrons. The predicted octanol–water partition coefficient (Wildman–Crippen LogP) is 0.824. The van der Waals surface area contributed by atoms with E-state index in [1.165, 1.54) is 0 Å². The van der Waals surface area contributed by atoms with Crippen LogP contribution < -0.4 is 5.32 Å². The van der Waals surface area contributed by atoms with Gasteiger partial charge in [-0.05, 0) is 24.6 Å². The molecule has 0 radical (unpaired) electrons. The van der Waals surface area contributed by atoms with Crippen molar-refractivity contribution in [2.24, 2.45) is 0 Å². The fourth-order valence-corrected chi connectivity index (χ4v) is 2.71. The van der Waals surface area contributed by atoms with E-state index in [0.29, 0.717) is 19.0 Å². The molecule has 0 aliphatic rings. The van der Waals surface area contributed by atoms with Crippen LogP contribution in [0.5, 0.6) is 0 Å². The number of aromatic carboxylic acids is 1. The zero-order valence-electron chi connectivity index (χ0n) is 10.7. The lowest BCUT2D eigenvalue weighted by Gasteiger charge is -2.07. The zero-order valence-corrected chi connectivity index (χ0v) is 11.5. The minimum absolute atomic E-state index is 0.312. The number of carbonyl (C=O) groups excluding carboxylic acids is 1. The highest BCUT2D eigenvalue weighted by atomic mass is 32.2. The van der Waals surface area contributed by atoms with E-state index < -0.39 is 38.2 Å². The molecule has 6 nitrogen and oxygen atoms in total. The van der Waals surface area contributed by atoms with Gasteiger partial charge in [-0.1, -0.05) is 6.92 Å². The second kappa shape index (κ2) is 6.47. The van der Waals surface area contributed by atoms with E-state index in [2.05, 4.69) is 5.32 Å². The topological polar surface area (TPSA) is 101 Å². The Hall–Kier alpha value is -1.96. The third-order valence-electron chi connectivity index (χ3n) is 2.41. The number of hydrogen-bond donors (Lipinski definition) is 2. The van der Waals surface area contributed by atoms with Crippen molar-refractivity contribution in [3.63, 3.8) is 0 Å². The first kappa shape index (κ1) is 16.1. The first-order chi connectivity index (χ1) is 9.27. The van der Waals surface area contributed by atoms with Crippen molar-refractivity contribution in [3.05, 3.63) is 29.6 Å². The number of carboxylic acid groups (broad SMARTS) is 1. The van der Waals surface area contributed by atoms with Crippen LogP contribution in [0.3, 0.4) is 0 Å². The van der Waals surface area contributed by atoms with Gasteiger partial charge in [-0.15, -0.1) is 0 Å². The van der Waals surface area contributed by atoms with Gasteiger partial charge in [0.15, 0.2) is 9.84 Å². The molecular formula is C12H14FNO5S. The average Bonchev–Trinajstić information content (AvgIpc) is 2.35. The van der Waals surface area contributed by atoms with E-state index in [-0.39, 0.29) is 5.56 Å². The summed E-state index contributed by atoms with van der Waals surface area (Å²) in [5.41, 5.74) is -0.362. The third kappa shape index (κ3) is 4.02. The van der Waals surface area contributed by atoms with Crippen molar-refractivity contribution < 1.29 is 27.5 Å². The molecule has 1 aromatic rings. The first-order valence-corrected chi connectivity index (χ1v) is 7.45. The third-order valence-corrected chi connectivity index (χ3v) is 4.03. The standard InChI is InChI=1S/C12H14FNO5S/c1-2-5-14-11(15)7-20(18,19)10-6-8(12(16)17)3-4-9(10)13/h3-4,6H,2,5,7H2,1H3,(H,14,15)(H,16,17). The van der Waals surface area contributed by atoms with Crippen LogP contribution in [0.2, 0.25) is 0 Å². The van der Waals surface area contributed by atoms with Gasteiger partial charge in [0, 0.05) is 6.54 Å². The predicted molar refractivity (Wildman–Crippen MR) is 68.7 cm³/mol. The van der Waals surface area contributed by atoms with Crippen molar-refractivity contribution in [2.75, 3.05) is 12.3 Å². The van der Waals surface area contributed by atoms with Crippen molar-refractivity contribution in [1.82, 2.24) is 5.32 Å². The van der Waals surface area contributed by atoms with E-state index in [1.807, 2.05) is 0 Å². The van der Waals surface area contributed by atoms with Gasteiger partial charge < -0.3 is 10.4 Å². The minimum Gasteiger partial charge on any atom is -0.478 e. The maximum absolute atomic E-state index is 13.5. The molecule has 0 fully saturated rings. The highest BCUT2D eigenvalue weighted by Gasteiger charge is 2.24. The summed E-state index contributed by atoms with van der Waals surface area (Å²) in [5, 5.41) is 11.1. The normalized spacial score (nSPS) is 11.1. The number of halogens is 1. The molecule has 0 unspecified atom stereocenters. The summed E-state index contributed by atoms with van der Waals surface area (Å²) >= 11 is 0. The molecule has 0 aliphatic heterocycles. The van der Waals surface area contributed by atoms with Crippen molar-refractivity contribution in [2.45, 2.75) is 18.2 Å². The van der Waals surface area contributed by atoms with Crippen LogP contribution in [0.1, 0.15) is 23.7 Å². The highest BCUT2D eigenvalue weighted by molar-refractivity contribution is 7.92. The number of benzene rings is 1. The molecule has 0 heterocycles. The molecule has 0 saturated carbocycles. The van der Waals surface area contributed by atoms with Gasteiger partial charge in [0.1, 0.15) is 16.5 Å². The van der Waals surface area contributed by atoms with E-state index in [4.69, 9.17) is 5.11 Å². The number of nitrogens with one attached hydrogen (secondary N) is 1. The first-order valence-electron chi connectivity index (χ1n) is 5.80. The quantitative estimate of drug-likeness (QED) is 0.810. The molecule has 20 heavy (non-hydrogen) atoms. The van der Waals surface area contributed by atoms with Crippen molar-refractivity contribution >= 4 is 21.7 Å². The van der Waals surface area contributed by atoms with Gasteiger partial charge in [0.2, 0.25) is 5.91 Å². The Bertz CT molecular complexity index is 627. The van der Waals surface area contributed by atoms with Crippen molar-refractivity contribution in [1.29, 1.82) is 0 Å². The lowest BCUT2D eigenvalue weighted by Crippen LogP contribution is -2.31. The Morgan fingerprint density at radius 1 is 1.35 bits per heavy atom. The molecule has 0 aromatic heterocycles. The van der Waals surface area contributed by atoms with Crippen molar-refractivity contribution in [3.8, 4) is 0 Å². The number of carboxylic acids is 1. The molecular weight excluding hydrogens is 289 g/mol. The Labute approximate surface area is 115 Å². The average molecular weight is 303 g/mol. The second-order valence-electron chi connectivity index (χ2n) is 4.06. The van der Waals surface area contributed by atoms with Gasteiger partial charge in [0.25, 0.3) is 0 Å². The molecule has 0 spiro atoms. The van der Waals surface area contributed by atoms with Gasteiger partial charge >= 0.3 is 5.97 Å². The van der Waals surface area contributed by atoms with Gasteiger partial charge in [-0.2, -0.15) is 0 Å². The van der Waals surface area contributed by atoms with Gasteiger partial charge in [0.05, 0.1) is 5.56 Å². The van der Waals surface area contributed by atoms with Crippen LogP contribution >= 0.6 is 0 Å². The van der Waals surface area contributed by atoms with Crippen LogP contribution in [0, 0.1) is 5.82 Å². The molecule has 0 atom stereocenters. The Kier molecular flexibility index (Phi) is 5.20. The minimum atomic E-state index is -4.23. The number of hydrogen-bond acceptors (Lipinski definition) is 4. The SMILES string of the molecule is CCCNC(=O)CS(=O)(=O)c1cc(C(=O)O)ccc1F. The molecule has 2 N–H and O–H groups in total. The smallest absolute Gasteiger partial charge is 0.335 e.